The van der Waals surface area contributed by atoms with Crippen molar-refractivity contribution in [1.82, 2.24) is 0 Å². The quantitative estimate of drug-likeness (QED) is 0.612. The molecule has 3 rings (SSSR count). The van der Waals surface area contributed by atoms with E-state index in [0.717, 1.165) is 5.56 Å². The molecule has 2 fully saturated rings. The van der Waals surface area contributed by atoms with Crippen molar-refractivity contribution in [2.45, 2.75) is 37.4 Å². The van der Waals surface area contributed by atoms with Gasteiger partial charge in [-0.3, -0.25) is 4.79 Å². The standard InChI is InChI=1S/C15H16O4/c1-2-11-14(15-12(18-11)8-13(16)19-15)17-9-10-6-4-3-5-7-10/h2-7,11-12,14-15H,1,8-9H2/t11-,12-,14-,15+/m0/s1. The first kappa shape index (κ1) is 12.4. The van der Waals surface area contributed by atoms with E-state index in [1.54, 1.807) is 6.08 Å². The van der Waals surface area contributed by atoms with Crippen LogP contribution in [0.1, 0.15) is 12.0 Å². The first-order valence-corrected chi connectivity index (χ1v) is 6.41. The van der Waals surface area contributed by atoms with Crippen LogP contribution in [0.15, 0.2) is 43.0 Å². The summed E-state index contributed by atoms with van der Waals surface area (Å²) >= 11 is 0. The Bertz CT molecular complexity index is 470. The molecule has 2 heterocycles. The van der Waals surface area contributed by atoms with Crippen LogP contribution in [-0.4, -0.2) is 30.4 Å². The Kier molecular flexibility index (Phi) is 3.36. The van der Waals surface area contributed by atoms with Crippen molar-refractivity contribution in [1.29, 1.82) is 0 Å². The van der Waals surface area contributed by atoms with Crippen molar-refractivity contribution in [3.05, 3.63) is 48.6 Å². The molecule has 0 spiro atoms. The van der Waals surface area contributed by atoms with E-state index in [1.807, 2.05) is 30.3 Å². The number of hydrogen-bond acceptors (Lipinski definition) is 4. The molecular formula is C15H16O4. The second-order valence-electron chi connectivity index (χ2n) is 4.79. The molecule has 0 N–H and O–H groups in total. The third kappa shape index (κ3) is 2.41. The second-order valence-corrected chi connectivity index (χ2v) is 4.79. The summed E-state index contributed by atoms with van der Waals surface area (Å²) in [4.78, 5) is 11.3. The lowest BCUT2D eigenvalue weighted by atomic mass is 10.1. The molecule has 4 atom stereocenters. The van der Waals surface area contributed by atoms with Crippen molar-refractivity contribution in [2.24, 2.45) is 0 Å². The van der Waals surface area contributed by atoms with E-state index in [0.29, 0.717) is 13.0 Å². The number of ether oxygens (including phenoxy) is 3. The minimum atomic E-state index is -0.306. The summed E-state index contributed by atoms with van der Waals surface area (Å²) in [7, 11) is 0. The average molecular weight is 260 g/mol. The third-order valence-corrected chi connectivity index (χ3v) is 3.50. The number of carbonyl (C=O) groups is 1. The van der Waals surface area contributed by atoms with E-state index in [2.05, 4.69) is 6.58 Å². The first-order chi connectivity index (χ1) is 9.28. The third-order valence-electron chi connectivity index (χ3n) is 3.50. The molecule has 0 unspecified atom stereocenters. The predicted octanol–water partition coefficient (Wildman–Crippen LogP) is 1.84. The van der Waals surface area contributed by atoms with E-state index in [1.165, 1.54) is 0 Å². The number of rotatable bonds is 4. The van der Waals surface area contributed by atoms with Gasteiger partial charge >= 0.3 is 5.97 Å². The molecule has 100 valence electrons. The second kappa shape index (κ2) is 5.15. The summed E-state index contributed by atoms with van der Waals surface area (Å²) in [6, 6.07) is 9.89. The minimum Gasteiger partial charge on any atom is -0.457 e. The van der Waals surface area contributed by atoms with Crippen molar-refractivity contribution >= 4 is 5.97 Å². The average Bonchev–Trinajstić information content (AvgIpc) is 2.93. The van der Waals surface area contributed by atoms with Crippen LogP contribution in [0, 0.1) is 0 Å². The van der Waals surface area contributed by atoms with Gasteiger partial charge in [-0.25, -0.2) is 0 Å². The zero-order chi connectivity index (χ0) is 13.2. The summed E-state index contributed by atoms with van der Waals surface area (Å²) in [5, 5.41) is 0. The molecule has 2 aliphatic heterocycles. The topological polar surface area (TPSA) is 44.8 Å². The highest BCUT2D eigenvalue weighted by Crippen LogP contribution is 2.34. The smallest absolute Gasteiger partial charge is 0.309 e. The van der Waals surface area contributed by atoms with Gasteiger partial charge in [0.2, 0.25) is 0 Å². The lowest BCUT2D eigenvalue weighted by Gasteiger charge is -2.20. The highest BCUT2D eigenvalue weighted by molar-refractivity contribution is 5.73. The fourth-order valence-electron chi connectivity index (χ4n) is 2.57. The minimum absolute atomic E-state index is 0.198. The molecule has 19 heavy (non-hydrogen) atoms. The maximum atomic E-state index is 11.3. The molecule has 0 amide bonds. The van der Waals surface area contributed by atoms with E-state index < -0.39 is 0 Å². The molecule has 1 aromatic rings. The van der Waals surface area contributed by atoms with E-state index in [-0.39, 0.29) is 30.4 Å². The summed E-state index contributed by atoms with van der Waals surface area (Å²) < 4.78 is 16.9. The van der Waals surface area contributed by atoms with Gasteiger partial charge in [0, 0.05) is 0 Å². The molecule has 0 aliphatic carbocycles. The van der Waals surface area contributed by atoms with Gasteiger partial charge in [0.1, 0.15) is 18.3 Å². The van der Waals surface area contributed by atoms with Gasteiger partial charge in [0.25, 0.3) is 0 Å². The van der Waals surface area contributed by atoms with Crippen LogP contribution in [0.25, 0.3) is 0 Å². The largest absolute Gasteiger partial charge is 0.457 e. The Labute approximate surface area is 112 Å². The molecule has 0 saturated carbocycles. The molecular weight excluding hydrogens is 244 g/mol. The maximum Gasteiger partial charge on any atom is 0.309 e. The Morgan fingerprint density at radius 1 is 1.37 bits per heavy atom. The van der Waals surface area contributed by atoms with Crippen molar-refractivity contribution < 1.29 is 19.0 Å². The molecule has 4 nitrogen and oxygen atoms in total. The van der Waals surface area contributed by atoms with Crippen molar-refractivity contribution in [3.8, 4) is 0 Å². The number of fused-ring (bicyclic) bond motifs is 1. The van der Waals surface area contributed by atoms with Crippen LogP contribution < -0.4 is 0 Å². The summed E-state index contributed by atoms with van der Waals surface area (Å²) in [5.41, 5.74) is 1.08. The highest BCUT2D eigenvalue weighted by Gasteiger charge is 2.51. The van der Waals surface area contributed by atoms with E-state index in [4.69, 9.17) is 14.2 Å². The normalized spacial score (nSPS) is 32.9. The van der Waals surface area contributed by atoms with Crippen LogP contribution in [0.5, 0.6) is 0 Å². The van der Waals surface area contributed by atoms with Gasteiger partial charge in [-0.1, -0.05) is 36.4 Å². The van der Waals surface area contributed by atoms with Gasteiger partial charge in [-0.2, -0.15) is 0 Å². The molecule has 4 heteroatoms. The summed E-state index contributed by atoms with van der Waals surface area (Å²) in [6.07, 6.45) is 1.03. The van der Waals surface area contributed by atoms with Crippen molar-refractivity contribution in [2.75, 3.05) is 0 Å². The lowest BCUT2D eigenvalue weighted by molar-refractivity contribution is -0.147. The Balaban J connectivity index is 1.67. The van der Waals surface area contributed by atoms with Crippen LogP contribution in [-0.2, 0) is 25.6 Å². The summed E-state index contributed by atoms with van der Waals surface area (Å²) in [6.45, 7) is 4.22. The molecule has 2 aliphatic rings. The molecule has 0 radical (unpaired) electrons. The van der Waals surface area contributed by atoms with Gasteiger partial charge < -0.3 is 14.2 Å². The van der Waals surface area contributed by atoms with Gasteiger partial charge in [-0.05, 0) is 5.56 Å². The number of hydrogen-bond donors (Lipinski definition) is 0. The fraction of sp³-hybridized carbons (Fsp3) is 0.400. The predicted molar refractivity (Wildman–Crippen MR) is 68.4 cm³/mol. The molecule has 2 saturated heterocycles. The van der Waals surface area contributed by atoms with Crippen LogP contribution in [0.2, 0.25) is 0 Å². The Morgan fingerprint density at radius 2 is 2.16 bits per heavy atom. The first-order valence-electron chi connectivity index (χ1n) is 6.41. The number of esters is 1. The molecule has 0 aromatic heterocycles. The summed E-state index contributed by atoms with van der Waals surface area (Å²) in [5.74, 6) is -0.217. The van der Waals surface area contributed by atoms with Crippen molar-refractivity contribution in [3.63, 3.8) is 0 Å². The maximum absolute atomic E-state index is 11.3. The van der Waals surface area contributed by atoms with E-state index >= 15 is 0 Å². The Hall–Kier alpha value is -1.65. The van der Waals surface area contributed by atoms with Gasteiger partial charge in [0.15, 0.2) is 6.10 Å². The molecule has 0 bridgehead atoms. The molecule has 1 aromatic carbocycles. The van der Waals surface area contributed by atoms with Gasteiger partial charge in [-0.15, -0.1) is 6.58 Å². The number of carbonyl (C=O) groups excluding carboxylic acids is 1. The fourth-order valence-corrected chi connectivity index (χ4v) is 2.57. The lowest BCUT2D eigenvalue weighted by Crippen LogP contribution is -2.34. The zero-order valence-corrected chi connectivity index (χ0v) is 10.5. The van der Waals surface area contributed by atoms with Crippen LogP contribution in [0.3, 0.4) is 0 Å². The Morgan fingerprint density at radius 3 is 2.89 bits per heavy atom. The van der Waals surface area contributed by atoms with Gasteiger partial charge in [0.05, 0.1) is 13.0 Å². The number of benzene rings is 1. The SMILES string of the molecule is C=C[C@@H]1O[C@H]2CC(=O)O[C@H]2[C@H]1OCc1ccccc1. The monoisotopic (exact) mass is 260 g/mol. The zero-order valence-electron chi connectivity index (χ0n) is 10.5. The van der Waals surface area contributed by atoms with Crippen LogP contribution >= 0.6 is 0 Å². The van der Waals surface area contributed by atoms with E-state index in [9.17, 15) is 4.79 Å². The highest BCUT2D eigenvalue weighted by atomic mass is 16.6. The van der Waals surface area contributed by atoms with Crippen LogP contribution in [0.4, 0.5) is 0 Å².